The number of aliphatic hydroxyl groups excluding tert-OH is 1. The van der Waals surface area contributed by atoms with Crippen LogP contribution < -0.4 is 4.74 Å². The molecule has 2 aromatic rings. The molecule has 0 bridgehead atoms. The van der Waals surface area contributed by atoms with Gasteiger partial charge in [-0.05, 0) is 29.3 Å². The highest BCUT2D eigenvalue weighted by Gasteiger charge is 2.43. The Labute approximate surface area is 152 Å². The molecule has 0 saturated carbocycles. The van der Waals surface area contributed by atoms with Gasteiger partial charge in [0, 0.05) is 12.0 Å². The molecule has 5 heteroatoms. The fourth-order valence-electron chi connectivity index (χ4n) is 2.87. The van der Waals surface area contributed by atoms with Crippen molar-refractivity contribution in [1.29, 1.82) is 0 Å². The van der Waals surface area contributed by atoms with Crippen molar-refractivity contribution in [2.75, 3.05) is 20.3 Å². The number of hydrogen-bond acceptors (Lipinski definition) is 5. The molecule has 0 amide bonds. The SMILES string of the molecule is COc1ccc(/C=C2\CC(CO)(COCc3ccccc3)OC2=O)cc1. The van der Waals surface area contributed by atoms with E-state index in [1.54, 1.807) is 13.2 Å². The summed E-state index contributed by atoms with van der Waals surface area (Å²) in [6.45, 7) is 0.259. The Balaban J connectivity index is 1.65. The first kappa shape index (κ1) is 18.2. The minimum absolute atomic E-state index is 0.143. The van der Waals surface area contributed by atoms with Crippen molar-refractivity contribution in [1.82, 2.24) is 0 Å². The fraction of sp³-hybridized carbons (Fsp3) is 0.286. The van der Waals surface area contributed by atoms with Gasteiger partial charge >= 0.3 is 5.97 Å². The van der Waals surface area contributed by atoms with E-state index >= 15 is 0 Å². The number of ether oxygens (including phenoxy) is 3. The fourth-order valence-corrected chi connectivity index (χ4v) is 2.87. The van der Waals surface area contributed by atoms with Gasteiger partial charge in [-0.25, -0.2) is 4.79 Å². The van der Waals surface area contributed by atoms with Crippen molar-refractivity contribution >= 4 is 12.0 Å². The summed E-state index contributed by atoms with van der Waals surface area (Å²) in [4.78, 5) is 12.2. The van der Waals surface area contributed by atoms with Gasteiger partial charge in [0.05, 0.1) is 26.9 Å². The molecule has 136 valence electrons. The largest absolute Gasteiger partial charge is 0.497 e. The molecule has 1 atom stereocenters. The molecule has 1 saturated heterocycles. The summed E-state index contributed by atoms with van der Waals surface area (Å²) >= 11 is 0. The van der Waals surface area contributed by atoms with E-state index in [4.69, 9.17) is 14.2 Å². The second-order valence-electron chi connectivity index (χ2n) is 6.33. The molecule has 0 radical (unpaired) electrons. The highest BCUT2D eigenvalue weighted by atomic mass is 16.6. The maximum Gasteiger partial charge on any atom is 0.334 e. The van der Waals surface area contributed by atoms with Crippen molar-refractivity contribution < 1.29 is 24.1 Å². The number of aliphatic hydroxyl groups is 1. The predicted octanol–water partition coefficient (Wildman–Crippen LogP) is 2.97. The molecule has 1 unspecified atom stereocenters. The van der Waals surface area contributed by atoms with Gasteiger partial charge in [0.1, 0.15) is 5.75 Å². The first-order valence-electron chi connectivity index (χ1n) is 8.45. The van der Waals surface area contributed by atoms with Crippen LogP contribution in [0.3, 0.4) is 0 Å². The zero-order valence-corrected chi connectivity index (χ0v) is 14.7. The molecule has 5 nitrogen and oxygen atoms in total. The molecule has 0 spiro atoms. The molecular weight excluding hydrogens is 332 g/mol. The molecule has 1 N–H and O–H groups in total. The van der Waals surface area contributed by atoms with Gasteiger partial charge in [-0.2, -0.15) is 0 Å². The van der Waals surface area contributed by atoms with Gasteiger partial charge in [-0.3, -0.25) is 0 Å². The third kappa shape index (κ3) is 4.31. The van der Waals surface area contributed by atoms with Crippen LogP contribution in [0.25, 0.3) is 6.08 Å². The van der Waals surface area contributed by atoms with Gasteiger partial charge in [0.25, 0.3) is 0 Å². The standard InChI is InChI=1S/C21H22O5/c1-24-19-9-7-16(8-10-19)11-18-12-21(14-22,26-20(18)23)15-25-13-17-5-3-2-4-6-17/h2-11,22H,12-15H2,1H3/b18-11+. The van der Waals surface area contributed by atoms with E-state index in [1.165, 1.54) is 0 Å². The van der Waals surface area contributed by atoms with Crippen LogP contribution in [0.4, 0.5) is 0 Å². The van der Waals surface area contributed by atoms with Crippen molar-refractivity contribution in [2.45, 2.75) is 18.6 Å². The Morgan fingerprint density at radius 2 is 1.88 bits per heavy atom. The molecule has 26 heavy (non-hydrogen) atoms. The summed E-state index contributed by atoms with van der Waals surface area (Å²) in [7, 11) is 1.60. The van der Waals surface area contributed by atoms with Crippen molar-refractivity contribution in [2.24, 2.45) is 0 Å². The molecule has 1 heterocycles. The normalized spacial score (nSPS) is 21.0. The van der Waals surface area contributed by atoms with Crippen LogP contribution >= 0.6 is 0 Å². The second-order valence-corrected chi connectivity index (χ2v) is 6.33. The molecule has 1 aliphatic rings. The van der Waals surface area contributed by atoms with E-state index < -0.39 is 11.6 Å². The highest BCUT2D eigenvalue weighted by Crippen LogP contribution is 2.32. The van der Waals surface area contributed by atoms with Crippen LogP contribution in [0, 0.1) is 0 Å². The first-order valence-corrected chi connectivity index (χ1v) is 8.45. The number of rotatable bonds is 7. The zero-order valence-electron chi connectivity index (χ0n) is 14.7. The number of benzene rings is 2. The van der Waals surface area contributed by atoms with E-state index in [0.29, 0.717) is 18.6 Å². The third-order valence-corrected chi connectivity index (χ3v) is 4.31. The smallest absolute Gasteiger partial charge is 0.334 e. The topological polar surface area (TPSA) is 65.0 Å². The Kier molecular flexibility index (Phi) is 5.71. The Morgan fingerprint density at radius 3 is 2.54 bits per heavy atom. The van der Waals surface area contributed by atoms with Crippen LogP contribution in [-0.4, -0.2) is 37.0 Å². The van der Waals surface area contributed by atoms with Crippen LogP contribution in [-0.2, 0) is 20.9 Å². The molecule has 0 aromatic heterocycles. The first-order chi connectivity index (χ1) is 12.6. The summed E-state index contributed by atoms with van der Waals surface area (Å²) in [5.74, 6) is 0.332. The number of carbonyl (C=O) groups is 1. The van der Waals surface area contributed by atoms with Gasteiger partial charge < -0.3 is 19.3 Å². The lowest BCUT2D eigenvalue weighted by molar-refractivity contribution is -0.157. The quantitative estimate of drug-likeness (QED) is 0.612. The van der Waals surface area contributed by atoms with E-state index in [1.807, 2.05) is 54.6 Å². The van der Waals surface area contributed by atoms with E-state index in [2.05, 4.69) is 0 Å². The van der Waals surface area contributed by atoms with Gasteiger partial charge in [0.2, 0.25) is 0 Å². The van der Waals surface area contributed by atoms with Gasteiger partial charge in [-0.1, -0.05) is 42.5 Å². The number of esters is 1. The van der Waals surface area contributed by atoms with E-state index in [-0.39, 0.29) is 13.2 Å². The highest BCUT2D eigenvalue weighted by molar-refractivity contribution is 5.96. The Bertz CT molecular complexity index is 767. The number of hydrogen-bond donors (Lipinski definition) is 1. The number of carbonyl (C=O) groups excluding carboxylic acids is 1. The minimum atomic E-state index is -1.02. The lowest BCUT2D eigenvalue weighted by Gasteiger charge is -2.24. The Morgan fingerprint density at radius 1 is 1.15 bits per heavy atom. The molecule has 1 fully saturated rings. The maximum atomic E-state index is 12.2. The van der Waals surface area contributed by atoms with Crippen LogP contribution in [0.2, 0.25) is 0 Å². The predicted molar refractivity (Wildman–Crippen MR) is 97.6 cm³/mol. The molecule has 2 aromatic carbocycles. The van der Waals surface area contributed by atoms with Crippen LogP contribution in [0.5, 0.6) is 5.75 Å². The van der Waals surface area contributed by atoms with E-state index in [0.717, 1.165) is 16.9 Å². The number of methoxy groups -OCH3 is 1. The summed E-state index contributed by atoms with van der Waals surface area (Å²) in [5, 5.41) is 9.78. The monoisotopic (exact) mass is 354 g/mol. The lowest BCUT2D eigenvalue weighted by Crippen LogP contribution is -2.38. The van der Waals surface area contributed by atoms with Gasteiger partial charge in [0.15, 0.2) is 5.60 Å². The average Bonchev–Trinajstić information content (AvgIpc) is 2.99. The zero-order chi connectivity index (χ0) is 18.4. The van der Waals surface area contributed by atoms with Crippen molar-refractivity contribution in [3.8, 4) is 5.75 Å². The van der Waals surface area contributed by atoms with E-state index in [9.17, 15) is 9.90 Å². The molecule has 0 aliphatic carbocycles. The number of cyclic esters (lactones) is 1. The van der Waals surface area contributed by atoms with Crippen molar-refractivity contribution in [3.05, 3.63) is 71.3 Å². The summed E-state index contributed by atoms with van der Waals surface area (Å²) in [6.07, 6.45) is 2.08. The van der Waals surface area contributed by atoms with Crippen LogP contribution in [0.1, 0.15) is 17.5 Å². The minimum Gasteiger partial charge on any atom is -0.497 e. The van der Waals surface area contributed by atoms with Gasteiger partial charge in [-0.15, -0.1) is 0 Å². The lowest BCUT2D eigenvalue weighted by atomic mass is 9.98. The third-order valence-electron chi connectivity index (χ3n) is 4.31. The second kappa shape index (κ2) is 8.17. The summed E-state index contributed by atoms with van der Waals surface area (Å²) in [6, 6.07) is 17.1. The maximum absolute atomic E-state index is 12.2. The average molecular weight is 354 g/mol. The molecule has 3 rings (SSSR count). The summed E-state index contributed by atoms with van der Waals surface area (Å²) < 4.78 is 16.3. The molecular formula is C21H22O5. The Hall–Kier alpha value is -2.63. The molecule has 1 aliphatic heterocycles. The summed E-state index contributed by atoms with van der Waals surface area (Å²) in [5.41, 5.74) is 1.40. The van der Waals surface area contributed by atoms with Crippen LogP contribution in [0.15, 0.2) is 60.2 Å². The van der Waals surface area contributed by atoms with Crippen molar-refractivity contribution in [3.63, 3.8) is 0 Å².